The summed E-state index contributed by atoms with van der Waals surface area (Å²) in [5.41, 5.74) is 7.32. The number of aromatic nitrogens is 2. The number of nitrogens with two attached hydrogens (primary N) is 1. The second-order valence-electron chi connectivity index (χ2n) is 4.78. The van der Waals surface area contributed by atoms with Crippen molar-refractivity contribution >= 4 is 21.7 Å². The van der Waals surface area contributed by atoms with E-state index in [1.54, 1.807) is 16.7 Å². The number of anilines is 1. The van der Waals surface area contributed by atoms with Crippen LogP contribution < -0.4 is 5.73 Å². The fourth-order valence-corrected chi connectivity index (χ4v) is 2.28. The molecule has 0 bridgehead atoms. The van der Waals surface area contributed by atoms with Crippen molar-refractivity contribution in [2.45, 2.75) is 26.3 Å². The number of imidazole rings is 1. The van der Waals surface area contributed by atoms with Gasteiger partial charge in [0.05, 0.1) is 11.0 Å². The molecule has 0 saturated heterocycles. The summed E-state index contributed by atoms with van der Waals surface area (Å²) in [7, 11) is 0. The van der Waals surface area contributed by atoms with Crippen LogP contribution in [0.25, 0.3) is 11.3 Å². The van der Waals surface area contributed by atoms with E-state index in [0.29, 0.717) is 28.1 Å². The van der Waals surface area contributed by atoms with Gasteiger partial charge >= 0.3 is 0 Å². The third-order valence-electron chi connectivity index (χ3n) is 3.00. The van der Waals surface area contributed by atoms with E-state index in [4.69, 9.17) is 12.2 Å². The first kappa shape index (κ1) is 14.6. The molecule has 3 nitrogen and oxygen atoms in total. The average Bonchev–Trinajstić information content (AvgIpc) is 2.72. The third-order valence-corrected chi connectivity index (χ3v) is 3.64. The molecule has 0 aliphatic heterocycles. The molecule has 0 aliphatic carbocycles. The number of nitrogen functional groups attached to an aromatic ring is 1. The number of nitrogens with zero attached hydrogens (tertiary/aromatic N) is 2. The molecule has 0 amide bonds. The first-order valence-corrected chi connectivity index (χ1v) is 6.99. The highest BCUT2D eigenvalue weighted by atomic mass is 79.9. The summed E-state index contributed by atoms with van der Waals surface area (Å²) in [5.74, 6) is 3.67. The molecule has 2 rings (SSSR count). The van der Waals surface area contributed by atoms with Crippen molar-refractivity contribution < 1.29 is 4.39 Å². The molecule has 5 heteroatoms. The molecule has 20 heavy (non-hydrogen) atoms. The zero-order chi connectivity index (χ0) is 14.9. The maximum absolute atomic E-state index is 13.7. The van der Waals surface area contributed by atoms with E-state index in [2.05, 4.69) is 26.8 Å². The number of benzene rings is 1. The molecule has 0 spiro atoms. The Kier molecular flexibility index (Phi) is 4.15. The van der Waals surface area contributed by atoms with Gasteiger partial charge in [0, 0.05) is 11.5 Å². The lowest BCUT2D eigenvalue weighted by Gasteiger charge is -2.08. The standard InChI is InChI=1S/C15H15BrFN3/c1-4-7-20-14(18)13(19-15(20)9(2)3)10-5-6-11(16)12(17)8-10/h1,5-6,8-9H,7,18H2,2-3H3. The maximum Gasteiger partial charge on any atom is 0.138 e. The zero-order valence-electron chi connectivity index (χ0n) is 11.3. The summed E-state index contributed by atoms with van der Waals surface area (Å²) >= 11 is 3.13. The maximum atomic E-state index is 13.7. The number of halogens is 2. The number of hydrogen-bond acceptors (Lipinski definition) is 2. The molecule has 0 radical (unpaired) electrons. The Bertz CT molecular complexity index is 683. The lowest BCUT2D eigenvalue weighted by atomic mass is 10.1. The van der Waals surface area contributed by atoms with Gasteiger partial charge in [-0.1, -0.05) is 25.8 Å². The topological polar surface area (TPSA) is 43.8 Å². The summed E-state index contributed by atoms with van der Waals surface area (Å²) in [4.78, 5) is 4.53. The first-order chi connectivity index (χ1) is 9.45. The minimum Gasteiger partial charge on any atom is -0.383 e. The fraction of sp³-hybridized carbons (Fsp3) is 0.267. The van der Waals surface area contributed by atoms with E-state index >= 15 is 0 Å². The van der Waals surface area contributed by atoms with Gasteiger partial charge in [0.15, 0.2) is 0 Å². The predicted octanol–water partition coefficient (Wildman–Crippen LogP) is 3.79. The Labute approximate surface area is 126 Å². The molecule has 1 heterocycles. The van der Waals surface area contributed by atoms with Gasteiger partial charge in [0.2, 0.25) is 0 Å². The molecule has 0 aliphatic rings. The van der Waals surface area contributed by atoms with Crippen molar-refractivity contribution in [2.75, 3.05) is 5.73 Å². The highest BCUT2D eigenvalue weighted by Gasteiger charge is 2.18. The summed E-state index contributed by atoms with van der Waals surface area (Å²) in [6, 6.07) is 4.82. The van der Waals surface area contributed by atoms with Crippen LogP contribution in [0.1, 0.15) is 25.6 Å². The summed E-state index contributed by atoms with van der Waals surface area (Å²) in [5, 5.41) is 0. The average molecular weight is 336 g/mol. The van der Waals surface area contributed by atoms with Crippen LogP contribution in [0.15, 0.2) is 22.7 Å². The van der Waals surface area contributed by atoms with E-state index in [9.17, 15) is 4.39 Å². The Morgan fingerprint density at radius 1 is 1.50 bits per heavy atom. The quantitative estimate of drug-likeness (QED) is 0.867. The molecular formula is C15H15BrFN3. The molecule has 2 N–H and O–H groups in total. The molecule has 0 saturated carbocycles. The van der Waals surface area contributed by atoms with Gasteiger partial charge in [-0.05, 0) is 28.1 Å². The number of rotatable bonds is 3. The van der Waals surface area contributed by atoms with Crippen LogP contribution in [0.5, 0.6) is 0 Å². The van der Waals surface area contributed by atoms with Crippen LogP contribution in [-0.2, 0) is 6.54 Å². The van der Waals surface area contributed by atoms with Crippen molar-refractivity contribution in [1.82, 2.24) is 9.55 Å². The van der Waals surface area contributed by atoms with Crippen molar-refractivity contribution in [3.8, 4) is 23.6 Å². The summed E-state index contributed by atoms with van der Waals surface area (Å²) < 4.78 is 15.9. The lowest BCUT2D eigenvalue weighted by molar-refractivity contribution is 0.621. The minimum absolute atomic E-state index is 0.180. The number of terminal acetylenes is 1. The van der Waals surface area contributed by atoms with E-state index in [-0.39, 0.29) is 11.7 Å². The van der Waals surface area contributed by atoms with Crippen LogP contribution >= 0.6 is 15.9 Å². The molecule has 0 unspecified atom stereocenters. The monoisotopic (exact) mass is 335 g/mol. The highest BCUT2D eigenvalue weighted by molar-refractivity contribution is 9.10. The van der Waals surface area contributed by atoms with Crippen LogP contribution in [0.2, 0.25) is 0 Å². The van der Waals surface area contributed by atoms with Gasteiger partial charge in [0.25, 0.3) is 0 Å². The van der Waals surface area contributed by atoms with Crippen LogP contribution in [0, 0.1) is 18.2 Å². The predicted molar refractivity (Wildman–Crippen MR) is 82.7 cm³/mol. The smallest absolute Gasteiger partial charge is 0.138 e. The highest BCUT2D eigenvalue weighted by Crippen LogP contribution is 2.31. The van der Waals surface area contributed by atoms with E-state index < -0.39 is 0 Å². The fourth-order valence-electron chi connectivity index (χ4n) is 2.04. The second kappa shape index (κ2) is 5.68. The number of hydrogen-bond donors (Lipinski definition) is 1. The van der Waals surface area contributed by atoms with Crippen molar-refractivity contribution in [2.24, 2.45) is 0 Å². The van der Waals surface area contributed by atoms with Crippen molar-refractivity contribution in [1.29, 1.82) is 0 Å². The van der Waals surface area contributed by atoms with Crippen LogP contribution in [0.4, 0.5) is 10.2 Å². The van der Waals surface area contributed by atoms with Gasteiger partial charge in [-0.3, -0.25) is 0 Å². The summed E-state index contributed by atoms with van der Waals surface area (Å²) in [6.45, 7) is 4.38. The van der Waals surface area contributed by atoms with E-state index in [1.165, 1.54) is 6.07 Å². The SMILES string of the molecule is C#CCn1c(C(C)C)nc(-c2ccc(Br)c(F)c2)c1N. The molecule has 0 fully saturated rings. The Hall–Kier alpha value is -1.80. The summed E-state index contributed by atoms with van der Waals surface area (Å²) in [6.07, 6.45) is 5.37. The second-order valence-corrected chi connectivity index (χ2v) is 5.63. The third kappa shape index (κ3) is 2.56. The van der Waals surface area contributed by atoms with Gasteiger partial charge in [0.1, 0.15) is 23.2 Å². The Morgan fingerprint density at radius 3 is 2.75 bits per heavy atom. The molecule has 1 aromatic carbocycles. The molecule has 0 atom stereocenters. The normalized spacial score (nSPS) is 10.8. The molecule has 104 valence electrons. The van der Waals surface area contributed by atoms with Crippen LogP contribution in [-0.4, -0.2) is 9.55 Å². The zero-order valence-corrected chi connectivity index (χ0v) is 12.9. The molecule has 1 aromatic heterocycles. The molecular weight excluding hydrogens is 321 g/mol. The first-order valence-electron chi connectivity index (χ1n) is 6.20. The van der Waals surface area contributed by atoms with Gasteiger partial charge < -0.3 is 10.3 Å². The van der Waals surface area contributed by atoms with Crippen LogP contribution in [0.3, 0.4) is 0 Å². The van der Waals surface area contributed by atoms with Gasteiger partial charge in [-0.25, -0.2) is 9.37 Å². The lowest BCUT2D eigenvalue weighted by Crippen LogP contribution is -2.07. The Morgan fingerprint density at radius 2 is 2.20 bits per heavy atom. The minimum atomic E-state index is -0.348. The Balaban J connectivity index is 2.60. The van der Waals surface area contributed by atoms with Crippen molar-refractivity contribution in [3.05, 3.63) is 34.3 Å². The van der Waals surface area contributed by atoms with Crippen molar-refractivity contribution in [3.63, 3.8) is 0 Å². The largest absolute Gasteiger partial charge is 0.383 e. The molecule has 2 aromatic rings. The van der Waals surface area contributed by atoms with E-state index in [1.807, 2.05) is 13.8 Å². The van der Waals surface area contributed by atoms with Gasteiger partial charge in [-0.2, -0.15) is 0 Å². The van der Waals surface area contributed by atoms with Gasteiger partial charge in [-0.15, -0.1) is 6.42 Å². The van der Waals surface area contributed by atoms with E-state index in [0.717, 1.165) is 5.82 Å².